The van der Waals surface area contributed by atoms with Crippen molar-refractivity contribution in [1.82, 2.24) is 24.1 Å². The summed E-state index contributed by atoms with van der Waals surface area (Å²) in [7, 11) is 0. The second-order valence-corrected chi connectivity index (χ2v) is 14.1. The van der Waals surface area contributed by atoms with Crippen molar-refractivity contribution in [2.75, 3.05) is 0 Å². The Hall–Kier alpha value is -7.63. The van der Waals surface area contributed by atoms with E-state index in [1.165, 1.54) is 32.8 Å². The van der Waals surface area contributed by atoms with Crippen LogP contribution in [0.1, 0.15) is 0 Å². The summed E-state index contributed by atoms with van der Waals surface area (Å²) in [5, 5.41) is 4.70. The van der Waals surface area contributed by atoms with Crippen LogP contribution in [0.4, 0.5) is 0 Å². The largest absolute Gasteiger partial charge is 0.309 e. The lowest BCUT2D eigenvalue weighted by molar-refractivity contribution is 0.953. The number of benzene rings is 8. The highest BCUT2D eigenvalue weighted by molar-refractivity contribution is 6.29. The molecule has 0 aliphatic carbocycles. The molecule has 3 heterocycles. The highest BCUT2D eigenvalue weighted by Crippen LogP contribution is 2.43. The molecule has 0 aliphatic rings. The summed E-state index contributed by atoms with van der Waals surface area (Å²) < 4.78 is 4.60. The highest BCUT2D eigenvalue weighted by atomic mass is 15.2. The van der Waals surface area contributed by atoms with Crippen molar-refractivity contribution in [2.24, 2.45) is 0 Å². The van der Waals surface area contributed by atoms with E-state index in [9.17, 15) is 0 Å². The van der Waals surface area contributed by atoms with Gasteiger partial charge in [-0.2, -0.15) is 9.97 Å². The zero-order valence-corrected chi connectivity index (χ0v) is 30.3. The maximum absolute atomic E-state index is 5.26. The normalized spacial score (nSPS) is 11.6. The minimum atomic E-state index is 0.573. The van der Waals surface area contributed by atoms with E-state index >= 15 is 0 Å². The van der Waals surface area contributed by atoms with E-state index < -0.39 is 0 Å². The summed E-state index contributed by atoms with van der Waals surface area (Å²) in [6, 6.07) is 70.3. The lowest BCUT2D eigenvalue weighted by Gasteiger charge is -2.11. The quantitative estimate of drug-likeness (QED) is 0.172. The summed E-state index contributed by atoms with van der Waals surface area (Å²) in [5.41, 5.74) is 12.0. The molecule has 11 rings (SSSR count). The van der Waals surface area contributed by atoms with E-state index in [1.54, 1.807) is 0 Å². The Morgan fingerprint density at radius 3 is 1.38 bits per heavy atom. The fraction of sp³-hybridized carbons (Fsp3) is 0. The molecule has 5 nitrogen and oxygen atoms in total. The minimum absolute atomic E-state index is 0.573. The molecule has 0 saturated heterocycles. The van der Waals surface area contributed by atoms with Crippen molar-refractivity contribution in [1.29, 1.82) is 0 Å². The number of para-hydroxylation sites is 2. The lowest BCUT2D eigenvalue weighted by Crippen LogP contribution is -2.06. The fourth-order valence-electron chi connectivity index (χ4n) is 8.20. The van der Waals surface area contributed by atoms with E-state index in [1.807, 2.05) is 24.3 Å². The van der Waals surface area contributed by atoms with Gasteiger partial charge in [0.25, 0.3) is 0 Å². The first-order valence-corrected chi connectivity index (χ1v) is 18.9. The number of nitrogens with zero attached hydrogens (tertiary/aromatic N) is 5. The summed E-state index contributed by atoms with van der Waals surface area (Å²) >= 11 is 0. The van der Waals surface area contributed by atoms with Crippen molar-refractivity contribution in [2.45, 2.75) is 0 Å². The SMILES string of the molecule is c1ccc(-c2ccc(-c3nc(-c4ccccc4)nc(-n4c5ccccc5c5c6c7cc(-c8ccccc8)ccc7n(-c7ccccc7)c6ccc54)n3)cc2)cc1. The van der Waals surface area contributed by atoms with Crippen LogP contribution in [0.25, 0.3) is 100 Å². The fourth-order valence-corrected chi connectivity index (χ4v) is 8.20. The Morgan fingerprint density at radius 2 is 0.714 bits per heavy atom. The van der Waals surface area contributed by atoms with Gasteiger partial charge in [0.05, 0.1) is 22.1 Å². The zero-order valence-electron chi connectivity index (χ0n) is 30.3. The first kappa shape index (κ1) is 31.9. The third kappa shape index (κ3) is 5.21. The molecule has 0 atom stereocenters. The summed E-state index contributed by atoms with van der Waals surface area (Å²) in [5.74, 6) is 1.81. The van der Waals surface area contributed by atoms with E-state index in [4.69, 9.17) is 15.0 Å². The maximum Gasteiger partial charge on any atom is 0.238 e. The Bertz CT molecular complexity index is 3200. The Kier molecular flexibility index (Phi) is 7.42. The van der Waals surface area contributed by atoms with Crippen LogP contribution in [0.15, 0.2) is 200 Å². The van der Waals surface area contributed by atoms with Gasteiger partial charge in [-0.1, -0.05) is 158 Å². The molecule has 262 valence electrons. The molecule has 0 radical (unpaired) electrons. The Morgan fingerprint density at radius 1 is 0.286 bits per heavy atom. The molecule has 8 aromatic carbocycles. The summed E-state index contributed by atoms with van der Waals surface area (Å²) in [6.07, 6.45) is 0. The van der Waals surface area contributed by atoms with Crippen LogP contribution in [0.2, 0.25) is 0 Å². The molecule has 0 aliphatic heterocycles. The van der Waals surface area contributed by atoms with Gasteiger partial charge in [0, 0.05) is 38.4 Å². The molecule has 11 aromatic rings. The van der Waals surface area contributed by atoms with Crippen LogP contribution >= 0.6 is 0 Å². The average Bonchev–Trinajstić information content (AvgIpc) is 3.80. The number of hydrogen-bond acceptors (Lipinski definition) is 3. The molecule has 0 unspecified atom stereocenters. The molecule has 0 N–H and O–H groups in total. The summed E-state index contributed by atoms with van der Waals surface area (Å²) in [6.45, 7) is 0. The van der Waals surface area contributed by atoms with Gasteiger partial charge in [-0.15, -0.1) is 0 Å². The van der Waals surface area contributed by atoms with Crippen molar-refractivity contribution in [3.05, 3.63) is 200 Å². The second kappa shape index (κ2) is 13.0. The van der Waals surface area contributed by atoms with E-state index in [0.717, 1.165) is 49.8 Å². The number of aromatic nitrogens is 5. The van der Waals surface area contributed by atoms with Gasteiger partial charge in [0.1, 0.15) is 0 Å². The molecule has 3 aromatic heterocycles. The molecule has 56 heavy (non-hydrogen) atoms. The monoisotopic (exact) mass is 715 g/mol. The van der Waals surface area contributed by atoms with Crippen LogP contribution in [0.5, 0.6) is 0 Å². The van der Waals surface area contributed by atoms with Crippen LogP contribution in [0, 0.1) is 0 Å². The van der Waals surface area contributed by atoms with Gasteiger partial charge in [-0.25, -0.2) is 4.98 Å². The molecular weight excluding hydrogens is 683 g/mol. The van der Waals surface area contributed by atoms with Crippen LogP contribution in [0.3, 0.4) is 0 Å². The predicted molar refractivity (Wildman–Crippen MR) is 230 cm³/mol. The standard InChI is InChI=1S/C51H33N5/c1-5-15-34(16-6-1)36-25-27-38(28-26-36)50-52-49(37-19-9-3-10-20-37)53-51(54-50)56-43-24-14-13-23-41(43)47-46(56)32-31-45-48(47)42-33-39(35-17-7-2-8-18-35)29-30-44(42)55(45)40-21-11-4-12-22-40/h1-33H. The topological polar surface area (TPSA) is 48.5 Å². The molecular formula is C51H33N5. The zero-order chi connectivity index (χ0) is 37.0. The van der Waals surface area contributed by atoms with Gasteiger partial charge in [-0.3, -0.25) is 4.57 Å². The maximum atomic E-state index is 5.26. The van der Waals surface area contributed by atoms with Crippen LogP contribution in [-0.4, -0.2) is 24.1 Å². The van der Waals surface area contributed by atoms with Crippen molar-refractivity contribution >= 4 is 43.6 Å². The van der Waals surface area contributed by atoms with E-state index in [0.29, 0.717) is 17.6 Å². The van der Waals surface area contributed by atoms with Crippen LogP contribution in [-0.2, 0) is 0 Å². The first-order valence-electron chi connectivity index (χ1n) is 18.9. The predicted octanol–water partition coefficient (Wildman–Crippen LogP) is 12.7. The molecule has 0 amide bonds. The minimum Gasteiger partial charge on any atom is -0.309 e. The van der Waals surface area contributed by atoms with Gasteiger partial charge in [0.2, 0.25) is 5.95 Å². The third-order valence-corrected chi connectivity index (χ3v) is 10.8. The average molecular weight is 716 g/mol. The van der Waals surface area contributed by atoms with Gasteiger partial charge < -0.3 is 4.57 Å². The first-order chi connectivity index (χ1) is 27.8. The Balaban J connectivity index is 1.20. The summed E-state index contributed by atoms with van der Waals surface area (Å²) in [4.78, 5) is 15.6. The van der Waals surface area contributed by atoms with Crippen LogP contribution < -0.4 is 0 Å². The van der Waals surface area contributed by atoms with Gasteiger partial charge in [0.15, 0.2) is 11.6 Å². The number of rotatable bonds is 6. The highest BCUT2D eigenvalue weighted by Gasteiger charge is 2.23. The van der Waals surface area contributed by atoms with Gasteiger partial charge >= 0.3 is 0 Å². The molecule has 0 fully saturated rings. The van der Waals surface area contributed by atoms with Gasteiger partial charge in [-0.05, 0) is 64.7 Å². The molecule has 5 heteroatoms. The van der Waals surface area contributed by atoms with Crippen molar-refractivity contribution in [3.63, 3.8) is 0 Å². The lowest BCUT2D eigenvalue weighted by atomic mass is 10.0. The number of hydrogen-bond donors (Lipinski definition) is 0. The van der Waals surface area contributed by atoms with Crippen molar-refractivity contribution in [3.8, 4) is 56.7 Å². The second-order valence-electron chi connectivity index (χ2n) is 14.1. The molecule has 0 bridgehead atoms. The molecule has 0 spiro atoms. The van der Waals surface area contributed by atoms with Crippen molar-refractivity contribution < 1.29 is 0 Å². The third-order valence-electron chi connectivity index (χ3n) is 10.8. The van der Waals surface area contributed by atoms with E-state index in [-0.39, 0.29) is 0 Å². The number of fused-ring (bicyclic) bond motifs is 7. The van der Waals surface area contributed by atoms with E-state index in [2.05, 4.69) is 185 Å². The smallest absolute Gasteiger partial charge is 0.238 e. The molecule has 0 saturated carbocycles. The Labute approximate surface area is 323 Å².